The van der Waals surface area contributed by atoms with E-state index in [9.17, 15) is 9.18 Å². The summed E-state index contributed by atoms with van der Waals surface area (Å²) in [5.74, 6) is 2.08. The molecule has 0 aliphatic heterocycles. The predicted molar refractivity (Wildman–Crippen MR) is 111 cm³/mol. The normalized spacial score (nSPS) is 10.8. The Labute approximate surface area is 173 Å². The average molecular weight is 411 g/mol. The minimum absolute atomic E-state index is 0.222. The van der Waals surface area contributed by atoms with Gasteiger partial charge < -0.3 is 23.9 Å². The van der Waals surface area contributed by atoms with Gasteiger partial charge in [-0.05, 0) is 60.2 Å². The highest BCUT2D eigenvalue weighted by Gasteiger charge is 2.12. The van der Waals surface area contributed by atoms with Crippen LogP contribution in [0.25, 0.3) is 17.4 Å². The number of hydrogen-bond donors (Lipinski definition) is 1. The van der Waals surface area contributed by atoms with Gasteiger partial charge in [-0.25, -0.2) is 4.39 Å². The summed E-state index contributed by atoms with van der Waals surface area (Å²) in [5.41, 5.74) is 1.48. The van der Waals surface area contributed by atoms with Crippen LogP contribution in [0.2, 0.25) is 0 Å². The summed E-state index contributed by atoms with van der Waals surface area (Å²) in [4.78, 5) is 12.2. The Hall–Kier alpha value is -3.74. The van der Waals surface area contributed by atoms with E-state index in [2.05, 4.69) is 5.32 Å². The van der Waals surface area contributed by atoms with Crippen molar-refractivity contribution in [2.45, 2.75) is 6.54 Å². The highest BCUT2D eigenvalue weighted by Crippen LogP contribution is 2.38. The highest BCUT2D eigenvalue weighted by molar-refractivity contribution is 5.91. The lowest BCUT2D eigenvalue weighted by atomic mass is 10.1. The fraction of sp³-hybridized carbons (Fsp3) is 0.174. The number of furan rings is 1. The van der Waals surface area contributed by atoms with Crippen LogP contribution >= 0.6 is 0 Å². The monoisotopic (exact) mass is 411 g/mol. The smallest absolute Gasteiger partial charge is 0.244 e. The third-order valence-electron chi connectivity index (χ3n) is 4.34. The minimum atomic E-state index is -0.309. The molecular formula is C23H22FNO5. The largest absolute Gasteiger partial charge is 0.493 e. The van der Waals surface area contributed by atoms with Crippen LogP contribution in [0.1, 0.15) is 11.3 Å². The summed E-state index contributed by atoms with van der Waals surface area (Å²) in [7, 11) is 4.58. The molecule has 0 atom stereocenters. The molecule has 0 fully saturated rings. The molecule has 0 aliphatic carbocycles. The van der Waals surface area contributed by atoms with Gasteiger partial charge in [0.15, 0.2) is 11.5 Å². The van der Waals surface area contributed by atoms with Crippen LogP contribution in [0.3, 0.4) is 0 Å². The fourth-order valence-corrected chi connectivity index (χ4v) is 2.84. The van der Waals surface area contributed by atoms with Crippen LogP contribution in [-0.4, -0.2) is 27.2 Å². The Morgan fingerprint density at radius 3 is 2.27 bits per heavy atom. The maximum Gasteiger partial charge on any atom is 0.244 e. The molecule has 1 amide bonds. The number of benzene rings is 2. The van der Waals surface area contributed by atoms with Crippen LogP contribution in [0.15, 0.2) is 59.0 Å². The topological polar surface area (TPSA) is 69.9 Å². The average Bonchev–Trinajstić information content (AvgIpc) is 3.24. The van der Waals surface area contributed by atoms with Crippen molar-refractivity contribution in [1.82, 2.24) is 5.32 Å². The molecule has 3 aromatic rings. The van der Waals surface area contributed by atoms with Crippen molar-refractivity contribution in [2.75, 3.05) is 21.3 Å². The van der Waals surface area contributed by atoms with Crippen molar-refractivity contribution in [2.24, 2.45) is 0 Å². The standard InChI is InChI=1S/C23H22FNO5/c1-27-20-12-15(13-21(28-2)23(20)29-3)4-11-22(26)25-14-18-9-10-19(30-18)16-5-7-17(24)8-6-16/h4-13H,14H2,1-3H3,(H,25,26)/b11-4+. The van der Waals surface area contributed by atoms with Crippen molar-refractivity contribution < 1.29 is 27.8 Å². The summed E-state index contributed by atoms with van der Waals surface area (Å²) < 4.78 is 34.6. The molecular weight excluding hydrogens is 389 g/mol. The van der Waals surface area contributed by atoms with Gasteiger partial charge in [0, 0.05) is 11.6 Å². The van der Waals surface area contributed by atoms with E-state index in [1.165, 1.54) is 39.5 Å². The van der Waals surface area contributed by atoms with Gasteiger partial charge >= 0.3 is 0 Å². The van der Waals surface area contributed by atoms with Crippen LogP contribution < -0.4 is 19.5 Å². The number of methoxy groups -OCH3 is 3. The Morgan fingerprint density at radius 1 is 1.00 bits per heavy atom. The zero-order chi connectivity index (χ0) is 21.5. The zero-order valence-corrected chi connectivity index (χ0v) is 16.9. The SMILES string of the molecule is COc1cc(/C=C/C(=O)NCc2ccc(-c3ccc(F)cc3)o2)cc(OC)c1OC. The van der Waals surface area contributed by atoms with Crippen LogP contribution in [0.4, 0.5) is 4.39 Å². The Morgan fingerprint density at radius 2 is 1.67 bits per heavy atom. The zero-order valence-electron chi connectivity index (χ0n) is 16.9. The van der Waals surface area contributed by atoms with Crippen LogP contribution in [0, 0.1) is 5.82 Å². The molecule has 30 heavy (non-hydrogen) atoms. The Bertz CT molecular complexity index is 1010. The maximum atomic E-state index is 13.0. The number of halogens is 1. The van der Waals surface area contributed by atoms with Crippen molar-refractivity contribution in [3.63, 3.8) is 0 Å². The molecule has 0 spiro atoms. The van der Waals surface area contributed by atoms with Gasteiger partial charge in [0.05, 0.1) is 27.9 Å². The molecule has 2 aromatic carbocycles. The summed E-state index contributed by atoms with van der Waals surface area (Å²) in [6, 6.07) is 13.0. The minimum Gasteiger partial charge on any atom is -0.493 e. The number of rotatable bonds is 8. The van der Waals surface area contributed by atoms with Crippen molar-refractivity contribution in [3.8, 4) is 28.6 Å². The van der Waals surface area contributed by atoms with Gasteiger partial charge in [0.2, 0.25) is 11.7 Å². The molecule has 0 aliphatic rings. The highest BCUT2D eigenvalue weighted by atomic mass is 19.1. The van der Waals surface area contributed by atoms with Crippen molar-refractivity contribution >= 4 is 12.0 Å². The third-order valence-corrected chi connectivity index (χ3v) is 4.34. The first kappa shape index (κ1) is 21.0. The fourth-order valence-electron chi connectivity index (χ4n) is 2.84. The van der Waals surface area contributed by atoms with Crippen LogP contribution in [-0.2, 0) is 11.3 Å². The number of carbonyl (C=O) groups excluding carboxylic acids is 1. The van der Waals surface area contributed by atoms with Gasteiger partial charge in [0.1, 0.15) is 17.3 Å². The predicted octanol–water partition coefficient (Wildman–Crippen LogP) is 4.44. The van der Waals surface area contributed by atoms with Gasteiger partial charge in [-0.2, -0.15) is 0 Å². The van der Waals surface area contributed by atoms with Crippen LogP contribution in [0.5, 0.6) is 17.2 Å². The van der Waals surface area contributed by atoms with Crippen molar-refractivity contribution in [1.29, 1.82) is 0 Å². The molecule has 0 saturated carbocycles. The molecule has 1 aromatic heterocycles. The molecule has 7 heteroatoms. The molecule has 0 unspecified atom stereocenters. The second-order valence-electron chi connectivity index (χ2n) is 6.28. The Balaban J connectivity index is 1.62. The lowest BCUT2D eigenvalue weighted by Crippen LogP contribution is -2.19. The first-order valence-corrected chi connectivity index (χ1v) is 9.14. The lowest BCUT2D eigenvalue weighted by Gasteiger charge is -2.12. The van der Waals surface area contributed by atoms with Crippen molar-refractivity contribution in [3.05, 3.63) is 71.7 Å². The third kappa shape index (κ3) is 5.00. The second-order valence-corrected chi connectivity index (χ2v) is 6.28. The summed E-state index contributed by atoms with van der Waals surface area (Å²) in [6.45, 7) is 0.222. The summed E-state index contributed by atoms with van der Waals surface area (Å²) in [6.07, 6.45) is 3.05. The van der Waals surface area contributed by atoms with E-state index in [0.29, 0.717) is 28.8 Å². The van der Waals surface area contributed by atoms with E-state index in [4.69, 9.17) is 18.6 Å². The number of ether oxygens (including phenoxy) is 3. The molecule has 0 radical (unpaired) electrons. The van der Waals surface area contributed by atoms with Gasteiger partial charge in [0.25, 0.3) is 0 Å². The lowest BCUT2D eigenvalue weighted by molar-refractivity contribution is -0.116. The van der Waals surface area contributed by atoms with E-state index in [-0.39, 0.29) is 18.3 Å². The van der Waals surface area contributed by atoms with Gasteiger partial charge in [-0.15, -0.1) is 0 Å². The number of hydrogen-bond acceptors (Lipinski definition) is 5. The van der Waals surface area contributed by atoms with Gasteiger partial charge in [-0.1, -0.05) is 0 Å². The number of carbonyl (C=O) groups is 1. The molecule has 3 rings (SSSR count). The molecule has 0 bridgehead atoms. The summed E-state index contributed by atoms with van der Waals surface area (Å²) >= 11 is 0. The quantitative estimate of drug-likeness (QED) is 0.555. The molecule has 156 valence electrons. The summed E-state index contributed by atoms with van der Waals surface area (Å²) in [5, 5.41) is 2.76. The van der Waals surface area contributed by atoms with Gasteiger partial charge in [-0.3, -0.25) is 4.79 Å². The molecule has 6 nitrogen and oxygen atoms in total. The molecule has 0 saturated heterocycles. The van der Waals surface area contributed by atoms with E-state index in [1.54, 1.807) is 42.5 Å². The Kier molecular flexibility index (Phi) is 6.75. The van der Waals surface area contributed by atoms with E-state index < -0.39 is 0 Å². The van der Waals surface area contributed by atoms with E-state index in [1.807, 2.05) is 0 Å². The molecule has 1 N–H and O–H groups in total. The van der Waals surface area contributed by atoms with E-state index >= 15 is 0 Å². The molecule has 1 heterocycles. The number of amides is 1. The first-order valence-electron chi connectivity index (χ1n) is 9.14. The first-order chi connectivity index (χ1) is 14.5. The second kappa shape index (κ2) is 9.65. The van der Waals surface area contributed by atoms with E-state index in [0.717, 1.165) is 11.1 Å². The number of nitrogens with one attached hydrogen (secondary N) is 1. The maximum absolute atomic E-state index is 13.0.